The highest BCUT2D eigenvalue weighted by Gasteiger charge is 2.25. The minimum atomic E-state index is -0.0145. The fraction of sp³-hybridized carbons (Fsp3) is 0.333. The van der Waals surface area contributed by atoms with Crippen molar-refractivity contribution in [3.63, 3.8) is 0 Å². The second kappa shape index (κ2) is 8.12. The molecule has 27 heavy (non-hydrogen) atoms. The molecule has 1 fully saturated rings. The zero-order valence-electron chi connectivity index (χ0n) is 16.0. The molecule has 0 aromatic heterocycles. The van der Waals surface area contributed by atoms with Crippen LogP contribution in [0.5, 0.6) is 5.75 Å². The number of carbonyl (C=O) groups is 2. The van der Waals surface area contributed by atoms with Gasteiger partial charge in [-0.25, -0.2) is 0 Å². The molecule has 142 valence electrons. The van der Waals surface area contributed by atoms with Gasteiger partial charge in [0, 0.05) is 57.1 Å². The molecule has 1 heterocycles. The van der Waals surface area contributed by atoms with Crippen molar-refractivity contribution >= 4 is 17.5 Å². The van der Waals surface area contributed by atoms with Crippen LogP contribution in [0.4, 0.5) is 5.69 Å². The Balaban J connectivity index is 1.61. The molecule has 0 aliphatic carbocycles. The third kappa shape index (κ3) is 4.22. The molecule has 0 saturated carbocycles. The van der Waals surface area contributed by atoms with Crippen LogP contribution in [0.1, 0.15) is 20.7 Å². The van der Waals surface area contributed by atoms with Crippen LogP contribution in [0.25, 0.3) is 0 Å². The van der Waals surface area contributed by atoms with Crippen molar-refractivity contribution in [1.29, 1.82) is 0 Å². The quantitative estimate of drug-likeness (QED) is 0.833. The van der Waals surface area contributed by atoms with E-state index in [1.54, 1.807) is 36.3 Å². The Kier molecular flexibility index (Phi) is 5.64. The molecule has 2 amide bonds. The van der Waals surface area contributed by atoms with Crippen LogP contribution in [-0.4, -0.2) is 69.0 Å². The number of amides is 2. The van der Waals surface area contributed by atoms with Gasteiger partial charge >= 0.3 is 0 Å². The van der Waals surface area contributed by atoms with Gasteiger partial charge in [-0.2, -0.15) is 0 Å². The van der Waals surface area contributed by atoms with Crippen LogP contribution in [0.3, 0.4) is 0 Å². The zero-order valence-corrected chi connectivity index (χ0v) is 16.0. The normalized spacial score (nSPS) is 14.0. The van der Waals surface area contributed by atoms with E-state index in [1.165, 1.54) is 0 Å². The van der Waals surface area contributed by atoms with Crippen molar-refractivity contribution in [3.8, 4) is 5.75 Å². The summed E-state index contributed by atoms with van der Waals surface area (Å²) < 4.78 is 5.13. The molecule has 6 heteroatoms. The molecule has 0 spiro atoms. The van der Waals surface area contributed by atoms with Gasteiger partial charge in [0.25, 0.3) is 11.8 Å². The van der Waals surface area contributed by atoms with Crippen molar-refractivity contribution in [3.05, 3.63) is 59.7 Å². The van der Waals surface area contributed by atoms with Gasteiger partial charge in [0.15, 0.2) is 0 Å². The van der Waals surface area contributed by atoms with Crippen LogP contribution >= 0.6 is 0 Å². The Morgan fingerprint density at radius 2 is 1.41 bits per heavy atom. The standard InChI is InChI=1S/C21H25N3O3/c1-22(2)18-6-4-5-17(15-18)21(26)24-13-11-23(12-14-24)20(25)16-7-9-19(27-3)10-8-16/h4-10,15H,11-14H2,1-3H3. The molecule has 1 aliphatic heterocycles. The number of rotatable bonds is 4. The van der Waals surface area contributed by atoms with E-state index in [0.29, 0.717) is 37.3 Å². The molecule has 6 nitrogen and oxygen atoms in total. The first-order chi connectivity index (χ1) is 13.0. The van der Waals surface area contributed by atoms with Crippen molar-refractivity contribution in [2.45, 2.75) is 0 Å². The van der Waals surface area contributed by atoms with Crippen molar-refractivity contribution in [1.82, 2.24) is 9.80 Å². The molecule has 3 rings (SSSR count). The first-order valence-electron chi connectivity index (χ1n) is 8.99. The highest BCUT2D eigenvalue weighted by atomic mass is 16.5. The lowest BCUT2D eigenvalue weighted by molar-refractivity contribution is 0.0535. The number of hydrogen-bond acceptors (Lipinski definition) is 4. The van der Waals surface area contributed by atoms with E-state index in [4.69, 9.17) is 4.74 Å². The minimum absolute atomic E-state index is 0.00949. The molecule has 0 atom stereocenters. The third-order valence-corrected chi connectivity index (χ3v) is 4.80. The maximum atomic E-state index is 12.8. The highest BCUT2D eigenvalue weighted by molar-refractivity contribution is 5.96. The van der Waals surface area contributed by atoms with Crippen molar-refractivity contribution in [2.75, 3.05) is 52.3 Å². The van der Waals surface area contributed by atoms with Gasteiger partial charge in [-0.1, -0.05) is 6.07 Å². The number of benzene rings is 2. The summed E-state index contributed by atoms with van der Waals surface area (Å²) in [5.74, 6) is 0.719. The number of ether oxygens (including phenoxy) is 1. The summed E-state index contributed by atoms with van der Waals surface area (Å²) in [5, 5.41) is 0. The fourth-order valence-electron chi connectivity index (χ4n) is 3.13. The highest BCUT2D eigenvalue weighted by Crippen LogP contribution is 2.17. The molecule has 0 radical (unpaired) electrons. The smallest absolute Gasteiger partial charge is 0.254 e. The first kappa shape index (κ1) is 18.8. The van der Waals surface area contributed by atoms with E-state index in [9.17, 15) is 9.59 Å². The van der Waals surface area contributed by atoms with Crippen LogP contribution in [0, 0.1) is 0 Å². The summed E-state index contributed by atoms with van der Waals surface area (Å²) in [6.45, 7) is 2.13. The molecular weight excluding hydrogens is 342 g/mol. The number of nitrogens with zero attached hydrogens (tertiary/aromatic N) is 3. The molecule has 1 saturated heterocycles. The number of carbonyl (C=O) groups excluding carboxylic acids is 2. The monoisotopic (exact) mass is 367 g/mol. The van der Waals surface area contributed by atoms with Gasteiger partial charge in [0.1, 0.15) is 5.75 Å². The largest absolute Gasteiger partial charge is 0.497 e. The predicted molar refractivity (Wildman–Crippen MR) is 106 cm³/mol. The lowest BCUT2D eigenvalue weighted by atomic mass is 10.1. The van der Waals surface area contributed by atoms with E-state index >= 15 is 0 Å². The summed E-state index contributed by atoms with van der Waals surface area (Å²) in [7, 11) is 5.50. The second-order valence-corrected chi connectivity index (χ2v) is 6.76. The Morgan fingerprint density at radius 3 is 1.93 bits per heavy atom. The Morgan fingerprint density at radius 1 is 0.852 bits per heavy atom. The van der Waals surface area contributed by atoms with Crippen LogP contribution < -0.4 is 9.64 Å². The molecule has 2 aromatic carbocycles. The summed E-state index contributed by atoms with van der Waals surface area (Å²) in [5.41, 5.74) is 2.31. The molecule has 0 unspecified atom stereocenters. The van der Waals surface area contributed by atoms with Gasteiger partial charge in [0.05, 0.1) is 7.11 Å². The Hall–Kier alpha value is -3.02. The van der Waals surface area contributed by atoms with Crippen LogP contribution in [0.2, 0.25) is 0 Å². The zero-order chi connectivity index (χ0) is 19.4. The maximum absolute atomic E-state index is 12.8. The van der Waals surface area contributed by atoms with E-state index in [1.807, 2.05) is 48.2 Å². The van der Waals surface area contributed by atoms with Crippen LogP contribution in [-0.2, 0) is 0 Å². The molecule has 0 N–H and O–H groups in total. The Bertz CT molecular complexity index is 810. The van der Waals surface area contributed by atoms with E-state index in [2.05, 4.69) is 0 Å². The number of anilines is 1. The van der Waals surface area contributed by atoms with Gasteiger partial charge in [0.2, 0.25) is 0 Å². The lowest BCUT2D eigenvalue weighted by Crippen LogP contribution is -2.50. The predicted octanol–water partition coefficient (Wildman–Crippen LogP) is 2.36. The van der Waals surface area contributed by atoms with Crippen molar-refractivity contribution < 1.29 is 14.3 Å². The topological polar surface area (TPSA) is 53.1 Å². The number of hydrogen-bond donors (Lipinski definition) is 0. The summed E-state index contributed by atoms with van der Waals surface area (Å²) >= 11 is 0. The van der Waals surface area contributed by atoms with Gasteiger partial charge in [-0.3, -0.25) is 9.59 Å². The van der Waals surface area contributed by atoms with E-state index < -0.39 is 0 Å². The van der Waals surface area contributed by atoms with E-state index in [-0.39, 0.29) is 11.8 Å². The molecular formula is C21H25N3O3. The number of piperazine rings is 1. The second-order valence-electron chi connectivity index (χ2n) is 6.76. The summed E-state index contributed by atoms with van der Waals surface area (Å²) in [6, 6.07) is 14.7. The maximum Gasteiger partial charge on any atom is 0.254 e. The number of methoxy groups -OCH3 is 1. The van der Waals surface area contributed by atoms with Crippen LogP contribution in [0.15, 0.2) is 48.5 Å². The molecule has 2 aromatic rings. The van der Waals surface area contributed by atoms with E-state index in [0.717, 1.165) is 11.4 Å². The Labute approximate surface area is 159 Å². The average Bonchev–Trinajstić information content (AvgIpc) is 2.73. The first-order valence-corrected chi connectivity index (χ1v) is 8.99. The fourth-order valence-corrected chi connectivity index (χ4v) is 3.13. The summed E-state index contributed by atoms with van der Waals surface area (Å²) in [4.78, 5) is 31.0. The molecule has 1 aliphatic rings. The minimum Gasteiger partial charge on any atom is -0.497 e. The van der Waals surface area contributed by atoms with Gasteiger partial charge in [-0.05, 0) is 42.5 Å². The third-order valence-electron chi connectivity index (χ3n) is 4.80. The SMILES string of the molecule is COc1ccc(C(=O)N2CCN(C(=O)c3cccc(N(C)C)c3)CC2)cc1. The average molecular weight is 367 g/mol. The summed E-state index contributed by atoms with van der Waals surface area (Å²) in [6.07, 6.45) is 0. The van der Waals surface area contributed by atoms with Gasteiger partial charge in [-0.15, -0.1) is 0 Å². The lowest BCUT2D eigenvalue weighted by Gasteiger charge is -2.35. The van der Waals surface area contributed by atoms with Crippen molar-refractivity contribution in [2.24, 2.45) is 0 Å². The molecule has 0 bridgehead atoms. The van der Waals surface area contributed by atoms with Gasteiger partial charge < -0.3 is 19.4 Å².